The van der Waals surface area contributed by atoms with Crippen molar-refractivity contribution in [3.8, 4) is 0 Å². The molecular weight excluding hydrogens is 368 g/mol. The molecule has 1 N–H and O–H groups in total. The van der Waals surface area contributed by atoms with Crippen LogP contribution < -0.4 is 5.32 Å². The molecule has 1 aliphatic rings. The van der Waals surface area contributed by atoms with Crippen molar-refractivity contribution in [3.05, 3.63) is 53.4 Å². The molecule has 0 bridgehead atoms. The minimum atomic E-state index is -3.41. The molecule has 26 heavy (non-hydrogen) atoms. The molecule has 3 rings (SSSR count). The molecule has 0 spiro atoms. The number of piperidine rings is 1. The Morgan fingerprint density at radius 2 is 1.88 bits per heavy atom. The van der Waals surface area contributed by atoms with E-state index >= 15 is 0 Å². The van der Waals surface area contributed by atoms with E-state index in [4.69, 9.17) is 0 Å². The zero-order valence-corrected chi connectivity index (χ0v) is 16.4. The molecule has 1 aromatic heterocycles. The third-order valence-corrected chi connectivity index (χ3v) is 8.14. The maximum atomic E-state index is 12.5. The van der Waals surface area contributed by atoms with E-state index in [0.29, 0.717) is 36.7 Å². The summed E-state index contributed by atoms with van der Waals surface area (Å²) in [7, 11) is -3.41. The van der Waals surface area contributed by atoms with E-state index in [1.54, 1.807) is 17.5 Å². The molecule has 1 fully saturated rings. The van der Waals surface area contributed by atoms with Gasteiger partial charge in [0, 0.05) is 25.6 Å². The van der Waals surface area contributed by atoms with Gasteiger partial charge in [-0.1, -0.05) is 43.3 Å². The van der Waals surface area contributed by atoms with Crippen LogP contribution in [0.3, 0.4) is 0 Å². The number of amides is 1. The Morgan fingerprint density at radius 1 is 1.19 bits per heavy atom. The van der Waals surface area contributed by atoms with Gasteiger partial charge in [-0.05, 0) is 35.8 Å². The molecular formula is C19H24N2O3S2. The van der Waals surface area contributed by atoms with E-state index < -0.39 is 10.0 Å². The van der Waals surface area contributed by atoms with Crippen molar-refractivity contribution >= 4 is 27.3 Å². The minimum absolute atomic E-state index is 0.0287. The molecule has 0 aliphatic carbocycles. The van der Waals surface area contributed by atoms with Gasteiger partial charge in [-0.15, -0.1) is 11.3 Å². The summed E-state index contributed by atoms with van der Waals surface area (Å²) in [6.07, 6.45) is 1.13. The molecule has 1 aliphatic heterocycles. The summed E-state index contributed by atoms with van der Waals surface area (Å²) in [4.78, 5) is 12.4. The maximum absolute atomic E-state index is 12.5. The molecule has 5 nitrogen and oxygen atoms in total. The Hall–Kier alpha value is -1.70. The molecule has 0 unspecified atom stereocenters. The first kappa shape index (κ1) is 19.1. The monoisotopic (exact) mass is 392 g/mol. The highest BCUT2D eigenvalue weighted by Crippen LogP contribution is 2.26. The smallest absolute Gasteiger partial charge is 0.252 e. The lowest BCUT2D eigenvalue weighted by atomic mass is 9.96. The summed E-state index contributed by atoms with van der Waals surface area (Å²) in [5.41, 5.74) is 1.20. The minimum Gasteiger partial charge on any atom is -0.355 e. The lowest BCUT2D eigenvalue weighted by Gasteiger charge is -2.30. The lowest BCUT2D eigenvalue weighted by Crippen LogP contribution is -2.43. The van der Waals surface area contributed by atoms with Crippen LogP contribution >= 0.6 is 11.3 Å². The fraction of sp³-hybridized carbons (Fsp3) is 0.421. The van der Waals surface area contributed by atoms with Crippen molar-refractivity contribution in [2.24, 2.45) is 5.92 Å². The third-order valence-electron chi connectivity index (χ3n) is 4.87. The number of hydrogen-bond donors (Lipinski definition) is 1. The molecule has 2 heterocycles. The van der Waals surface area contributed by atoms with Crippen LogP contribution in [-0.4, -0.2) is 38.3 Å². The van der Waals surface area contributed by atoms with Gasteiger partial charge in [0.15, 0.2) is 0 Å². The van der Waals surface area contributed by atoms with Gasteiger partial charge in [-0.3, -0.25) is 4.79 Å². The number of hydrogen-bond acceptors (Lipinski definition) is 4. The van der Waals surface area contributed by atoms with Crippen LogP contribution in [0, 0.1) is 5.92 Å². The van der Waals surface area contributed by atoms with Crippen molar-refractivity contribution in [1.29, 1.82) is 0 Å². The predicted molar refractivity (Wildman–Crippen MR) is 104 cm³/mol. The molecule has 1 aromatic carbocycles. The highest BCUT2D eigenvalue weighted by Gasteiger charge is 2.32. The Kier molecular flexibility index (Phi) is 6.11. The summed E-state index contributed by atoms with van der Waals surface area (Å²) in [5, 5.41) is 4.79. The van der Waals surface area contributed by atoms with E-state index in [0.717, 1.165) is 0 Å². The zero-order chi connectivity index (χ0) is 18.6. The maximum Gasteiger partial charge on any atom is 0.252 e. The largest absolute Gasteiger partial charge is 0.355 e. The van der Waals surface area contributed by atoms with E-state index in [9.17, 15) is 13.2 Å². The van der Waals surface area contributed by atoms with Crippen LogP contribution in [0.2, 0.25) is 0 Å². The van der Waals surface area contributed by atoms with Crippen molar-refractivity contribution in [3.63, 3.8) is 0 Å². The zero-order valence-electron chi connectivity index (χ0n) is 14.8. The van der Waals surface area contributed by atoms with Crippen molar-refractivity contribution < 1.29 is 13.2 Å². The van der Waals surface area contributed by atoms with E-state index in [2.05, 4.69) is 24.4 Å². The van der Waals surface area contributed by atoms with Crippen LogP contribution in [0.25, 0.3) is 0 Å². The van der Waals surface area contributed by atoms with Gasteiger partial charge in [0.25, 0.3) is 10.0 Å². The lowest BCUT2D eigenvalue weighted by molar-refractivity contribution is -0.126. The number of sulfonamides is 1. The fourth-order valence-corrected chi connectivity index (χ4v) is 5.81. The van der Waals surface area contributed by atoms with E-state index in [1.165, 1.54) is 21.2 Å². The Morgan fingerprint density at radius 3 is 2.50 bits per heavy atom. The van der Waals surface area contributed by atoms with Crippen LogP contribution in [-0.2, 0) is 14.8 Å². The van der Waals surface area contributed by atoms with Gasteiger partial charge < -0.3 is 5.32 Å². The standard InChI is InChI=1S/C19H24N2O3S2/c1-15(16-6-3-2-4-7-16)14-20-19(22)17-9-11-21(12-10-17)26(23,24)18-8-5-13-25-18/h2-8,13,15,17H,9-12,14H2,1H3,(H,20,22)/t15-/m1/s1. The molecule has 7 heteroatoms. The summed E-state index contributed by atoms with van der Waals surface area (Å²) < 4.78 is 26.9. The Labute approximate surface area is 159 Å². The fourth-order valence-electron chi connectivity index (χ4n) is 3.19. The topological polar surface area (TPSA) is 66.5 Å². The van der Waals surface area contributed by atoms with Gasteiger partial charge in [-0.2, -0.15) is 4.31 Å². The van der Waals surface area contributed by atoms with E-state index in [-0.39, 0.29) is 17.7 Å². The van der Waals surface area contributed by atoms with Crippen LogP contribution in [0.5, 0.6) is 0 Å². The number of thiophene rings is 1. The van der Waals surface area contributed by atoms with E-state index in [1.807, 2.05) is 18.2 Å². The van der Waals surface area contributed by atoms with Gasteiger partial charge in [-0.25, -0.2) is 8.42 Å². The molecule has 1 amide bonds. The number of nitrogens with zero attached hydrogens (tertiary/aromatic N) is 1. The first-order valence-corrected chi connectivity index (χ1v) is 11.2. The Balaban J connectivity index is 1.49. The molecule has 1 atom stereocenters. The SMILES string of the molecule is C[C@H](CNC(=O)C1CCN(S(=O)(=O)c2cccs2)CC1)c1ccccc1. The third kappa shape index (κ3) is 4.34. The van der Waals surface area contributed by atoms with Gasteiger partial charge in [0.1, 0.15) is 4.21 Å². The second-order valence-corrected chi connectivity index (χ2v) is 9.78. The summed E-state index contributed by atoms with van der Waals surface area (Å²) in [6, 6.07) is 13.5. The average Bonchev–Trinajstić information content (AvgIpc) is 3.22. The molecule has 2 aromatic rings. The first-order valence-electron chi connectivity index (χ1n) is 8.85. The van der Waals surface area contributed by atoms with Gasteiger partial charge in [0.05, 0.1) is 0 Å². The van der Waals surface area contributed by atoms with Gasteiger partial charge in [0.2, 0.25) is 5.91 Å². The summed E-state index contributed by atoms with van der Waals surface area (Å²) in [6.45, 7) is 3.47. The number of nitrogens with one attached hydrogen (secondary N) is 1. The number of benzene rings is 1. The molecule has 0 saturated carbocycles. The average molecular weight is 393 g/mol. The highest BCUT2D eigenvalue weighted by molar-refractivity contribution is 7.91. The summed E-state index contributed by atoms with van der Waals surface area (Å²) >= 11 is 1.23. The number of rotatable bonds is 6. The molecule has 1 saturated heterocycles. The molecule has 140 valence electrons. The highest BCUT2D eigenvalue weighted by atomic mass is 32.2. The first-order chi connectivity index (χ1) is 12.5. The van der Waals surface area contributed by atoms with Crippen molar-refractivity contribution in [1.82, 2.24) is 9.62 Å². The second kappa shape index (κ2) is 8.33. The number of carbonyl (C=O) groups is 1. The van der Waals surface area contributed by atoms with Crippen LogP contribution in [0.1, 0.15) is 31.2 Å². The van der Waals surface area contributed by atoms with Gasteiger partial charge >= 0.3 is 0 Å². The molecule has 0 radical (unpaired) electrons. The van der Waals surface area contributed by atoms with Crippen LogP contribution in [0.15, 0.2) is 52.1 Å². The summed E-state index contributed by atoms with van der Waals surface area (Å²) in [5.74, 6) is 0.160. The second-order valence-electron chi connectivity index (χ2n) is 6.67. The quantitative estimate of drug-likeness (QED) is 0.822. The van der Waals surface area contributed by atoms with Crippen molar-refractivity contribution in [2.75, 3.05) is 19.6 Å². The number of carbonyl (C=O) groups excluding carboxylic acids is 1. The van der Waals surface area contributed by atoms with Crippen LogP contribution in [0.4, 0.5) is 0 Å². The Bertz CT molecular complexity index is 812. The normalized spacial score (nSPS) is 17.7. The van der Waals surface area contributed by atoms with Crippen molar-refractivity contribution in [2.45, 2.75) is 29.9 Å². The predicted octanol–water partition coefficient (Wildman–Crippen LogP) is 3.07.